The summed E-state index contributed by atoms with van der Waals surface area (Å²) in [5, 5.41) is 0.164. The second-order valence-corrected chi connectivity index (χ2v) is 7.82. The Morgan fingerprint density at radius 3 is 2.61 bits per heavy atom. The first-order valence-corrected chi connectivity index (χ1v) is 9.12. The molecule has 1 aliphatic carbocycles. The summed E-state index contributed by atoms with van der Waals surface area (Å²) in [6.45, 7) is 1.77. The van der Waals surface area contributed by atoms with Gasteiger partial charge in [-0.05, 0) is 50.1 Å². The number of benzene rings is 1. The van der Waals surface area contributed by atoms with Crippen LogP contribution in [0, 0.1) is 5.82 Å². The first-order chi connectivity index (χ1) is 10.9. The number of nitrogens with zero attached hydrogens (tertiary/aromatic N) is 2. The maximum atomic E-state index is 14.2. The molecular weight excluding hydrogens is 339 g/mol. The normalized spacial score (nSPS) is 16.5. The van der Waals surface area contributed by atoms with Gasteiger partial charge in [0.1, 0.15) is 10.7 Å². The Hall–Kier alpha value is -1.50. The molecule has 23 heavy (non-hydrogen) atoms. The Bertz CT molecular complexity index is 810. The first kappa shape index (κ1) is 16.4. The third-order valence-electron chi connectivity index (χ3n) is 3.85. The molecule has 1 aliphatic rings. The number of rotatable bonds is 5. The van der Waals surface area contributed by atoms with Crippen molar-refractivity contribution in [2.45, 2.75) is 36.7 Å². The van der Waals surface area contributed by atoms with Crippen LogP contribution >= 0.6 is 11.6 Å². The Kier molecular flexibility index (Phi) is 4.40. The second kappa shape index (κ2) is 6.19. The molecule has 1 aromatic heterocycles. The van der Waals surface area contributed by atoms with Crippen LogP contribution in [0.4, 0.5) is 4.39 Å². The van der Waals surface area contributed by atoms with Crippen LogP contribution in [-0.4, -0.2) is 23.7 Å². The van der Waals surface area contributed by atoms with Crippen molar-refractivity contribution in [2.75, 3.05) is 0 Å². The highest BCUT2D eigenvalue weighted by atomic mass is 35.5. The summed E-state index contributed by atoms with van der Waals surface area (Å²) >= 11 is 5.72. The third kappa shape index (κ3) is 3.24. The number of hydrogen-bond donors (Lipinski definition) is 0. The minimum Gasteiger partial charge on any atom is -0.260 e. The molecule has 0 spiro atoms. The molecule has 0 saturated heterocycles. The fourth-order valence-electron chi connectivity index (χ4n) is 2.60. The summed E-state index contributed by atoms with van der Waals surface area (Å²) in [7, 11) is -3.97. The summed E-state index contributed by atoms with van der Waals surface area (Å²) in [4.78, 5) is 3.88. The second-order valence-electron chi connectivity index (χ2n) is 5.57. The van der Waals surface area contributed by atoms with E-state index >= 15 is 0 Å². The number of sulfonamides is 1. The molecule has 0 N–H and O–H groups in total. The van der Waals surface area contributed by atoms with E-state index in [1.165, 1.54) is 16.4 Å². The van der Waals surface area contributed by atoms with Gasteiger partial charge in [-0.3, -0.25) is 4.98 Å². The molecule has 1 atom stereocenters. The highest BCUT2D eigenvalue weighted by molar-refractivity contribution is 7.89. The van der Waals surface area contributed by atoms with Crippen molar-refractivity contribution >= 4 is 21.6 Å². The van der Waals surface area contributed by atoms with Gasteiger partial charge >= 0.3 is 0 Å². The van der Waals surface area contributed by atoms with Gasteiger partial charge in [0, 0.05) is 17.3 Å². The Labute approximate surface area is 140 Å². The summed E-state index contributed by atoms with van der Waals surface area (Å²) in [5.74, 6) is -0.837. The van der Waals surface area contributed by atoms with Crippen LogP contribution < -0.4 is 0 Å². The van der Waals surface area contributed by atoms with Crippen molar-refractivity contribution in [1.82, 2.24) is 9.29 Å². The zero-order chi connectivity index (χ0) is 16.6. The molecule has 0 radical (unpaired) electrons. The van der Waals surface area contributed by atoms with Gasteiger partial charge in [-0.2, -0.15) is 4.31 Å². The molecule has 122 valence electrons. The predicted molar refractivity (Wildman–Crippen MR) is 86.1 cm³/mol. The first-order valence-electron chi connectivity index (χ1n) is 7.31. The molecule has 0 aliphatic heterocycles. The van der Waals surface area contributed by atoms with Crippen LogP contribution in [0.2, 0.25) is 5.02 Å². The van der Waals surface area contributed by atoms with Gasteiger partial charge in [-0.1, -0.05) is 17.7 Å². The highest BCUT2D eigenvalue weighted by Gasteiger charge is 2.42. The maximum Gasteiger partial charge on any atom is 0.246 e. The summed E-state index contributed by atoms with van der Waals surface area (Å²) in [6, 6.07) is 8.38. The fraction of sp³-hybridized carbons (Fsp3) is 0.312. The standard InChI is InChI=1S/C16H16ClFN2O2S/c1-11(15-4-2-3-9-19-15)20(13-6-7-13)23(21,22)16-8-5-12(17)10-14(16)18/h2-5,8-11,13H,6-7H2,1H3. The number of pyridine rings is 1. The minimum absolute atomic E-state index is 0.118. The Morgan fingerprint density at radius 1 is 1.30 bits per heavy atom. The van der Waals surface area contributed by atoms with Gasteiger partial charge in [0.2, 0.25) is 10.0 Å². The van der Waals surface area contributed by atoms with Crippen molar-refractivity contribution < 1.29 is 12.8 Å². The molecule has 1 unspecified atom stereocenters. The molecule has 7 heteroatoms. The van der Waals surface area contributed by atoms with Crippen molar-refractivity contribution in [3.8, 4) is 0 Å². The molecule has 1 fully saturated rings. The van der Waals surface area contributed by atoms with Crippen molar-refractivity contribution in [1.29, 1.82) is 0 Å². The summed E-state index contributed by atoms with van der Waals surface area (Å²) in [5.41, 5.74) is 0.636. The van der Waals surface area contributed by atoms with E-state index < -0.39 is 21.9 Å². The zero-order valence-electron chi connectivity index (χ0n) is 12.5. The van der Waals surface area contributed by atoms with Gasteiger partial charge in [0.05, 0.1) is 11.7 Å². The quantitative estimate of drug-likeness (QED) is 0.820. The third-order valence-corrected chi connectivity index (χ3v) is 6.15. The maximum absolute atomic E-state index is 14.2. The van der Waals surface area contributed by atoms with Gasteiger partial charge in [-0.25, -0.2) is 12.8 Å². The zero-order valence-corrected chi connectivity index (χ0v) is 14.1. The van der Waals surface area contributed by atoms with Crippen molar-refractivity contribution in [3.05, 3.63) is 59.1 Å². The van der Waals surface area contributed by atoms with E-state index in [4.69, 9.17) is 11.6 Å². The van der Waals surface area contributed by atoms with E-state index in [-0.39, 0.29) is 16.0 Å². The molecule has 1 saturated carbocycles. The van der Waals surface area contributed by atoms with Crippen LogP contribution in [0.5, 0.6) is 0 Å². The van der Waals surface area contributed by atoms with E-state index in [0.29, 0.717) is 5.69 Å². The molecule has 1 heterocycles. The monoisotopic (exact) mass is 354 g/mol. The molecular formula is C16H16ClFN2O2S. The smallest absolute Gasteiger partial charge is 0.246 e. The van der Waals surface area contributed by atoms with Gasteiger partial charge in [-0.15, -0.1) is 0 Å². The van der Waals surface area contributed by atoms with Crippen LogP contribution in [0.3, 0.4) is 0 Å². The van der Waals surface area contributed by atoms with E-state index in [1.54, 1.807) is 31.3 Å². The molecule has 0 amide bonds. The van der Waals surface area contributed by atoms with Crippen molar-refractivity contribution in [3.63, 3.8) is 0 Å². The topological polar surface area (TPSA) is 50.3 Å². The Morgan fingerprint density at radius 2 is 2.04 bits per heavy atom. The van der Waals surface area contributed by atoms with E-state index in [0.717, 1.165) is 18.9 Å². The number of halogens is 2. The molecule has 0 bridgehead atoms. The minimum atomic E-state index is -3.97. The number of aromatic nitrogens is 1. The molecule has 1 aromatic carbocycles. The highest BCUT2D eigenvalue weighted by Crippen LogP contribution is 2.39. The van der Waals surface area contributed by atoms with Gasteiger partial charge < -0.3 is 0 Å². The molecule has 3 rings (SSSR count). The summed E-state index contributed by atoms with van der Waals surface area (Å²) < 4.78 is 41.5. The van der Waals surface area contributed by atoms with Gasteiger partial charge in [0.15, 0.2) is 0 Å². The lowest BCUT2D eigenvalue weighted by Crippen LogP contribution is -2.36. The molecule has 4 nitrogen and oxygen atoms in total. The van der Waals surface area contributed by atoms with E-state index in [1.807, 2.05) is 0 Å². The van der Waals surface area contributed by atoms with E-state index in [9.17, 15) is 12.8 Å². The lowest BCUT2D eigenvalue weighted by atomic mass is 10.2. The lowest BCUT2D eigenvalue weighted by molar-refractivity contribution is 0.327. The van der Waals surface area contributed by atoms with Crippen LogP contribution in [-0.2, 0) is 10.0 Å². The lowest BCUT2D eigenvalue weighted by Gasteiger charge is -2.28. The van der Waals surface area contributed by atoms with Gasteiger partial charge in [0.25, 0.3) is 0 Å². The average Bonchev–Trinajstić information content (AvgIpc) is 3.32. The SMILES string of the molecule is CC(c1ccccn1)N(C1CC1)S(=O)(=O)c1ccc(Cl)cc1F. The van der Waals surface area contributed by atoms with Crippen LogP contribution in [0.15, 0.2) is 47.5 Å². The largest absolute Gasteiger partial charge is 0.260 e. The van der Waals surface area contributed by atoms with Crippen LogP contribution in [0.25, 0.3) is 0 Å². The Balaban J connectivity index is 2.04. The number of hydrogen-bond acceptors (Lipinski definition) is 3. The fourth-order valence-corrected chi connectivity index (χ4v) is 4.66. The van der Waals surface area contributed by atoms with Crippen LogP contribution in [0.1, 0.15) is 31.5 Å². The summed E-state index contributed by atoms with van der Waals surface area (Å²) in [6.07, 6.45) is 3.16. The average molecular weight is 355 g/mol. The predicted octanol–water partition coefficient (Wildman–Crippen LogP) is 3.79. The van der Waals surface area contributed by atoms with Crippen molar-refractivity contribution in [2.24, 2.45) is 0 Å². The van der Waals surface area contributed by atoms with E-state index in [2.05, 4.69) is 4.98 Å². The molecule has 2 aromatic rings.